The summed E-state index contributed by atoms with van der Waals surface area (Å²) in [4.78, 5) is 4.44. The third kappa shape index (κ3) is 4.27. The molecular formula is C11H21N3OSSi. The molecule has 4 nitrogen and oxygen atoms in total. The van der Waals surface area contributed by atoms with E-state index in [0.717, 1.165) is 5.69 Å². The lowest BCUT2D eigenvalue weighted by molar-refractivity contribution is 0.456. The van der Waals surface area contributed by atoms with Crippen molar-refractivity contribution in [2.45, 2.75) is 51.0 Å². The Balaban J connectivity index is 3.22. The number of hydrogen-bond donors (Lipinski definition) is 0. The Labute approximate surface area is 109 Å². The van der Waals surface area contributed by atoms with Crippen molar-refractivity contribution in [1.29, 1.82) is 0 Å². The van der Waals surface area contributed by atoms with Crippen LogP contribution in [0.2, 0.25) is 19.6 Å². The molecule has 0 atom stereocenters. The maximum absolute atomic E-state index is 6.01. The smallest absolute Gasteiger partial charge is 0.244 e. The largest absolute Gasteiger partial charge is 0.530 e. The molecule has 1 rings (SSSR count). The molecule has 0 amide bonds. The van der Waals surface area contributed by atoms with E-state index in [9.17, 15) is 0 Å². The Kier molecular flexibility index (Phi) is 4.19. The van der Waals surface area contributed by atoms with Crippen LogP contribution in [0, 0.1) is 0 Å². The summed E-state index contributed by atoms with van der Waals surface area (Å²) in [6.45, 7) is 12.7. The lowest BCUT2D eigenvalue weighted by Crippen LogP contribution is -2.32. The summed E-state index contributed by atoms with van der Waals surface area (Å²) < 4.78 is 6.01. The maximum Gasteiger partial charge on any atom is 0.244 e. The molecule has 0 bridgehead atoms. The van der Waals surface area contributed by atoms with E-state index < -0.39 is 8.32 Å². The average Bonchev–Trinajstić information content (AvgIpc) is 2.13. The first-order chi connectivity index (χ1) is 7.63. The van der Waals surface area contributed by atoms with E-state index in [1.807, 2.05) is 6.26 Å². The van der Waals surface area contributed by atoms with Gasteiger partial charge in [-0.3, -0.25) is 0 Å². The summed E-state index contributed by atoms with van der Waals surface area (Å²) in [6, 6.07) is 0. The number of nitrogens with zero attached hydrogens (tertiary/aromatic N) is 3. The van der Waals surface area contributed by atoms with E-state index in [0.29, 0.717) is 11.0 Å². The van der Waals surface area contributed by atoms with Crippen molar-refractivity contribution < 1.29 is 4.43 Å². The molecule has 1 aromatic heterocycles. The molecule has 0 spiro atoms. The molecule has 0 aromatic carbocycles. The zero-order valence-corrected chi connectivity index (χ0v) is 13.5. The predicted octanol–water partition coefficient (Wildman–Crippen LogP) is 3.10. The second kappa shape index (κ2) is 4.94. The molecule has 0 N–H and O–H groups in total. The van der Waals surface area contributed by atoms with Crippen molar-refractivity contribution >= 4 is 20.1 Å². The van der Waals surface area contributed by atoms with Gasteiger partial charge in [0.15, 0.2) is 0 Å². The third-order valence-electron chi connectivity index (χ3n) is 1.93. The molecule has 1 aromatic rings. The van der Waals surface area contributed by atoms with Gasteiger partial charge in [-0.1, -0.05) is 32.5 Å². The molecule has 0 aliphatic carbocycles. The van der Waals surface area contributed by atoms with E-state index in [1.54, 1.807) is 0 Å². The van der Waals surface area contributed by atoms with Crippen LogP contribution in [-0.2, 0) is 5.41 Å². The number of hydrogen-bond acceptors (Lipinski definition) is 5. The van der Waals surface area contributed by atoms with Crippen molar-refractivity contribution in [3.8, 4) is 5.88 Å². The van der Waals surface area contributed by atoms with Crippen molar-refractivity contribution in [3.63, 3.8) is 0 Å². The highest BCUT2D eigenvalue weighted by Crippen LogP contribution is 2.29. The molecule has 0 aliphatic heterocycles. The second-order valence-electron chi connectivity index (χ2n) is 5.92. The molecule has 6 heteroatoms. The van der Waals surface area contributed by atoms with Crippen LogP contribution < -0.4 is 4.43 Å². The molecule has 0 saturated carbocycles. The fourth-order valence-electron chi connectivity index (χ4n) is 1.22. The van der Waals surface area contributed by atoms with Crippen LogP contribution in [0.1, 0.15) is 26.5 Å². The highest BCUT2D eigenvalue weighted by atomic mass is 32.2. The van der Waals surface area contributed by atoms with Crippen LogP contribution in [0.5, 0.6) is 5.88 Å². The van der Waals surface area contributed by atoms with Gasteiger partial charge in [0, 0.05) is 5.41 Å². The minimum atomic E-state index is -1.68. The molecule has 0 fully saturated rings. The van der Waals surface area contributed by atoms with E-state index in [4.69, 9.17) is 4.43 Å². The van der Waals surface area contributed by atoms with Gasteiger partial charge in [0.2, 0.25) is 19.4 Å². The van der Waals surface area contributed by atoms with Gasteiger partial charge < -0.3 is 4.43 Å². The van der Waals surface area contributed by atoms with E-state index in [2.05, 4.69) is 55.6 Å². The van der Waals surface area contributed by atoms with Gasteiger partial charge in [0.05, 0.1) is 0 Å². The minimum Gasteiger partial charge on any atom is -0.530 e. The lowest BCUT2D eigenvalue weighted by atomic mass is 9.92. The monoisotopic (exact) mass is 271 g/mol. The summed E-state index contributed by atoms with van der Waals surface area (Å²) in [7, 11) is -1.68. The van der Waals surface area contributed by atoms with E-state index in [1.165, 1.54) is 11.8 Å². The summed E-state index contributed by atoms with van der Waals surface area (Å²) in [5, 5.41) is 9.02. The van der Waals surface area contributed by atoms with Crippen LogP contribution in [0.25, 0.3) is 0 Å². The van der Waals surface area contributed by atoms with Gasteiger partial charge in [0.1, 0.15) is 5.69 Å². The summed E-state index contributed by atoms with van der Waals surface area (Å²) in [6.07, 6.45) is 1.94. The van der Waals surface area contributed by atoms with Crippen LogP contribution in [0.4, 0.5) is 0 Å². The quantitative estimate of drug-likeness (QED) is 0.624. The van der Waals surface area contributed by atoms with Gasteiger partial charge in [-0.25, -0.2) is 0 Å². The van der Waals surface area contributed by atoms with Crippen LogP contribution in [0.3, 0.4) is 0 Å². The summed E-state index contributed by atoms with van der Waals surface area (Å²) >= 11 is 1.48. The zero-order chi connectivity index (χ0) is 13.3. The van der Waals surface area contributed by atoms with Crippen molar-refractivity contribution in [2.24, 2.45) is 0 Å². The molecule has 0 unspecified atom stereocenters. The van der Waals surface area contributed by atoms with Crippen molar-refractivity contribution in [1.82, 2.24) is 15.2 Å². The molecule has 0 radical (unpaired) electrons. The van der Waals surface area contributed by atoms with Gasteiger partial charge >= 0.3 is 0 Å². The Morgan fingerprint density at radius 2 is 1.71 bits per heavy atom. The summed E-state index contributed by atoms with van der Waals surface area (Å²) in [5.74, 6) is 0.649. The maximum atomic E-state index is 6.01. The van der Waals surface area contributed by atoms with Gasteiger partial charge in [0.25, 0.3) is 0 Å². The van der Waals surface area contributed by atoms with Gasteiger partial charge in [-0.15, -0.1) is 10.2 Å². The van der Waals surface area contributed by atoms with E-state index in [-0.39, 0.29) is 5.41 Å². The molecule has 0 saturated heterocycles. The van der Waals surface area contributed by atoms with Crippen LogP contribution in [-0.4, -0.2) is 29.8 Å². The Morgan fingerprint density at radius 1 is 1.12 bits per heavy atom. The first-order valence-electron chi connectivity index (χ1n) is 5.62. The van der Waals surface area contributed by atoms with Crippen LogP contribution in [0.15, 0.2) is 5.16 Å². The Hall–Kier alpha value is -0.623. The minimum absolute atomic E-state index is 0.105. The van der Waals surface area contributed by atoms with Gasteiger partial charge in [-0.05, 0) is 25.9 Å². The highest BCUT2D eigenvalue weighted by molar-refractivity contribution is 7.98. The van der Waals surface area contributed by atoms with Crippen molar-refractivity contribution in [3.05, 3.63) is 5.69 Å². The van der Waals surface area contributed by atoms with Crippen molar-refractivity contribution in [2.75, 3.05) is 6.26 Å². The molecule has 96 valence electrons. The average molecular weight is 271 g/mol. The standard InChI is InChI=1S/C11H21N3OSSi/c1-11(2,3)8-9(15-17(5,6)7)12-10(16-4)14-13-8/h1-7H3. The molecular weight excluding hydrogens is 250 g/mol. The van der Waals surface area contributed by atoms with Gasteiger partial charge in [-0.2, -0.15) is 4.98 Å². The number of rotatable bonds is 3. The fourth-order valence-corrected chi connectivity index (χ4v) is 2.24. The molecule has 0 aliphatic rings. The number of aromatic nitrogens is 3. The Bertz CT molecular complexity index is 399. The summed E-state index contributed by atoms with van der Waals surface area (Å²) in [5.41, 5.74) is 0.726. The normalized spacial score (nSPS) is 12.6. The van der Waals surface area contributed by atoms with E-state index >= 15 is 0 Å². The SMILES string of the molecule is CSc1nnc(C(C)(C)C)c(O[Si](C)(C)C)n1. The topological polar surface area (TPSA) is 47.9 Å². The highest BCUT2D eigenvalue weighted by Gasteiger charge is 2.27. The van der Waals surface area contributed by atoms with Crippen LogP contribution >= 0.6 is 11.8 Å². The molecule has 17 heavy (non-hydrogen) atoms. The lowest BCUT2D eigenvalue weighted by Gasteiger charge is -2.24. The first kappa shape index (κ1) is 14.4. The Morgan fingerprint density at radius 3 is 2.12 bits per heavy atom. The predicted molar refractivity (Wildman–Crippen MR) is 74.3 cm³/mol. The fraction of sp³-hybridized carbons (Fsp3) is 0.727. The number of thioether (sulfide) groups is 1. The molecule has 1 heterocycles. The third-order valence-corrected chi connectivity index (χ3v) is 3.27. The zero-order valence-electron chi connectivity index (χ0n) is 11.7. The first-order valence-corrected chi connectivity index (χ1v) is 10.2. The second-order valence-corrected chi connectivity index (χ2v) is 11.1.